The summed E-state index contributed by atoms with van der Waals surface area (Å²) in [7, 11) is 0. The smallest absolute Gasteiger partial charge is 0.0499 e. The Morgan fingerprint density at radius 2 is 2.06 bits per heavy atom. The molecule has 0 spiro atoms. The zero-order chi connectivity index (χ0) is 11.9. The first-order valence-electron chi connectivity index (χ1n) is 6.32. The summed E-state index contributed by atoms with van der Waals surface area (Å²) in [6, 6.07) is 6.71. The van der Waals surface area contributed by atoms with Crippen molar-refractivity contribution < 1.29 is 5.11 Å². The van der Waals surface area contributed by atoms with Gasteiger partial charge >= 0.3 is 0 Å². The van der Waals surface area contributed by atoms with Gasteiger partial charge in [0.15, 0.2) is 0 Å². The van der Waals surface area contributed by atoms with Gasteiger partial charge in [0.1, 0.15) is 0 Å². The van der Waals surface area contributed by atoms with Crippen LogP contribution < -0.4 is 5.32 Å². The van der Waals surface area contributed by atoms with E-state index in [0.29, 0.717) is 12.6 Å². The lowest BCUT2D eigenvalue weighted by atomic mass is 10.1. The minimum atomic E-state index is 0.201. The monoisotopic (exact) mass is 251 g/mol. The van der Waals surface area contributed by atoms with E-state index >= 15 is 0 Å². The second-order valence-corrected chi connectivity index (χ2v) is 5.99. The number of aliphatic hydroxyl groups excluding tert-OH is 1. The number of hydrogen-bond acceptors (Lipinski definition) is 2. The van der Waals surface area contributed by atoms with E-state index in [1.165, 1.54) is 24.0 Å². The number of nitrogens with one attached hydrogen (secondary N) is 1. The summed E-state index contributed by atoms with van der Waals surface area (Å²) in [5, 5.41) is 13.7. The molecule has 2 nitrogen and oxygen atoms in total. The summed E-state index contributed by atoms with van der Waals surface area (Å²) in [5.74, 6) is 0. The quantitative estimate of drug-likeness (QED) is 0.860. The van der Waals surface area contributed by atoms with Gasteiger partial charge in [-0.15, -0.1) is 0 Å². The first-order valence-corrected chi connectivity index (χ1v) is 6.70. The Labute approximate surface area is 107 Å². The van der Waals surface area contributed by atoms with Gasteiger partial charge in [0.25, 0.3) is 0 Å². The third-order valence-corrected chi connectivity index (χ3v) is 4.39. The van der Waals surface area contributed by atoms with Crippen molar-refractivity contribution in [2.75, 3.05) is 13.2 Å². The van der Waals surface area contributed by atoms with E-state index in [9.17, 15) is 5.11 Å². The lowest BCUT2D eigenvalue weighted by molar-refractivity contribution is 0.204. The minimum absolute atomic E-state index is 0.201. The van der Waals surface area contributed by atoms with Crippen LogP contribution in [0.1, 0.15) is 24.0 Å². The number of aliphatic hydroxyl groups is 1. The molecule has 0 aliphatic heterocycles. The van der Waals surface area contributed by atoms with Crippen LogP contribution in [-0.4, -0.2) is 24.3 Å². The normalized spacial score (nSPS) is 24.7. The van der Waals surface area contributed by atoms with Crippen LogP contribution in [0.25, 0.3) is 0 Å². The lowest BCUT2D eigenvalue weighted by Crippen LogP contribution is -2.35. The van der Waals surface area contributed by atoms with E-state index < -0.39 is 0 Å². The van der Waals surface area contributed by atoms with Crippen LogP contribution in [0.5, 0.6) is 0 Å². The predicted molar refractivity (Wildman–Crippen MR) is 69.4 cm³/mol. The largest absolute Gasteiger partial charge is 0.396 e. The van der Waals surface area contributed by atoms with Crippen LogP contribution in [0.3, 0.4) is 0 Å². The number of benzene rings is 1. The maximum Gasteiger partial charge on any atom is 0.0499 e. The number of rotatable bonds is 4. The fraction of sp³-hybridized carbons (Fsp3) is 0.571. The molecule has 1 atom stereocenters. The van der Waals surface area contributed by atoms with E-state index in [1.54, 1.807) is 0 Å². The summed E-state index contributed by atoms with van der Waals surface area (Å²) >= 11 is 6.00. The van der Waals surface area contributed by atoms with Crippen LogP contribution in [0, 0.1) is 5.41 Å². The molecule has 2 N–H and O–H groups in total. The van der Waals surface area contributed by atoms with Gasteiger partial charge in [0, 0.05) is 29.6 Å². The van der Waals surface area contributed by atoms with Gasteiger partial charge in [-0.2, -0.15) is 0 Å². The van der Waals surface area contributed by atoms with Crippen molar-refractivity contribution in [3.8, 4) is 0 Å². The Morgan fingerprint density at radius 1 is 1.29 bits per heavy atom. The lowest BCUT2D eigenvalue weighted by Gasteiger charge is -2.17. The zero-order valence-corrected chi connectivity index (χ0v) is 10.6. The molecule has 0 heterocycles. The van der Waals surface area contributed by atoms with Gasteiger partial charge in [0.2, 0.25) is 0 Å². The third-order valence-electron chi connectivity index (χ3n) is 4.16. The molecule has 1 aromatic carbocycles. The maximum absolute atomic E-state index is 9.28. The summed E-state index contributed by atoms with van der Waals surface area (Å²) in [5.41, 5.74) is 3.00. The number of hydrogen-bond donors (Lipinski definition) is 2. The molecule has 1 unspecified atom stereocenters. The third kappa shape index (κ3) is 2.35. The van der Waals surface area contributed by atoms with E-state index in [0.717, 1.165) is 24.4 Å². The maximum atomic E-state index is 9.28. The van der Waals surface area contributed by atoms with E-state index in [-0.39, 0.29) is 5.41 Å². The van der Waals surface area contributed by atoms with Gasteiger partial charge < -0.3 is 10.4 Å². The van der Waals surface area contributed by atoms with Gasteiger partial charge in [-0.3, -0.25) is 0 Å². The van der Waals surface area contributed by atoms with Crippen LogP contribution in [0.15, 0.2) is 18.2 Å². The van der Waals surface area contributed by atoms with Gasteiger partial charge in [-0.05, 0) is 48.9 Å². The van der Waals surface area contributed by atoms with Crippen molar-refractivity contribution in [1.82, 2.24) is 5.32 Å². The average molecular weight is 252 g/mol. The molecule has 0 saturated heterocycles. The fourth-order valence-corrected chi connectivity index (χ4v) is 2.85. The predicted octanol–water partition coefficient (Wildman–Crippen LogP) is 2.17. The van der Waals surface area contributed by atoms with Gasteiger partial charge in [-0.25, -0.2) is 0 Å². The first kappa shape index (κ1) is 11.5. The minimum Gasteiger partial charge on any atom is -0.396 e. The molecule has 1 saturated carbocycles. The van der Waals surface area contributed by atoms with Crippen molar-refractivity contribution in [1.29, 1.82) is 0 Å². The highest BCUT2D eigenvalue weighted by molar-refractivity contribution is 6.30. The standard InChI is InChI=1S/C14H18ClNO/c15-12-2-1-10-6-13(7-11(10)5-12)16-8-14(9-17)3-4-14/h1-2,5,13,16-17H,3-4,6-9H2. The van der Waals surface area contributed by atoms with E-state index in [2.05, 4.69) is 17.4 Å². The van der Waals surface area contributed by atoms with Gasteiger partial charge in [0.05, 0.1) is 0 Å². The molecule has 2 aliphatic rings. The average Bonchev–Trinajstić information content (AvgIpc) is 3.00. The zero-order valence-electron chi connectivity index (χ0n) is 9.88. The van der Waals surface area contributed by atoms with Gasteiger partial charge in [-0.1, -0.05) is 17.7 Å². The van der Waals surface area contributed by atoms with Crippen LogP contribution >= 0.6 is 11.6 Å². The molecule has 0 bridgehead atoms. The van der Waals surface area contributed by atoms with Crippen LogP contribution in [0.2, 0.25) is 5.02 Å². The van der Waals surface area contributed by atoms with Crippen molar-refractivity contribution >= 4 is 11.6 Å². The Hall–Kier alpha value is -0.570. The molecule has 0 amide bonds. The molecule has 1 fully saturated rings. The van der Waals surface area contributed by atoms with E-state index in [1.807, 2.05) is 6.07 Å². The molecule has 92 valence electrons. The Morgan fingerprint density at radius 3 is 2.76 bits per heavy atom. The van der Waals surface area contributed by atoms with Crippen molar-refractivity contribution in [2.24, 2.45) is 5.41 Å². The molecular formula is C14H18ClNO. The Balaban J connectivity index is 1.59. The molecular weight excluding hydrogens is 234 g/mol. The summed E-state index contributed by atoms with van der Waals surface area (Å²) in [4.78, 5) is 0. The second kappa shape index (κ2) is 4.27. The molecule has 2 aliphatic carbocycles. The number of halogens is 1. The molecule has 3 heteroatoms. The molecule has 0 radical (unpaired) electrons. The van der Waals surface area contributed by atoms with E-state index in [4.69, 9.17) is 11.6 Å². The topological polar surface area (TPSA) is 32.3 Å². The fourth-order valence-electron chi connectivity index (χ4n) is 2.66. The highest BCUT2D eigenvalue weighted by Crippen LogP contribution is 2.44. The summed E-state index contributed by atoms with van der Waals surface area (Å²) in [6.07, 6.45) is 4.50. The van der Waals surface area contributed by atoms with Crippen molar-refractivity contribution in [3.05, 3.63) is 34.3 Å². The summed E-state index contributed by atoms with van der Waals surface area (Å²) in [6.45, 7) is 1.28. The Kier molecular flexibility index (Phi) is 2.89. The van der Waals surface area contributed by atoms with Crippen molar-refractivity contribution in [3.63, 3.8) is 0 Å². The molecule has 17 heavy (non-hydrogen) atoms. The Bertz CT molecular complexity index is 428. The second-order valence-electron chi connectivity index (χ2n) is 5.56. The highest BCUT2D eigenvalue weighted by Gasteiger charge is 2.42. The molecule has 0 aromatic heterocycles. The van der Waals surface area contributed by atoms with Crippen LogP contribution in [0.4, 0.5) is 0 Å². The molecule has 3 rings (SSSR count). The number of fused-ring (bicyclic) bond motifs is 1. The highest BCUT2D eigenvalue weighted by atomic mass is 35.5. The first-order chi connectivity index (χ1) is 8.21. The molecule has 1 aromatic rings. The SMILES string of the molecule is OCC1(CNC2Cc3ccc(Cl)cc3C2)CC1. The van der Waals surface area contributed by atoms with Crippen molar-refractivity contribution in [2.45, 2.75) is 31.7 Å². The van der Waals surface area contributed by atoms with Crippen LogP contribution in [-0.2, 0) is 12.8 Å². The summed E-state index contributed by atoms with van der Waals surface area (Å²) < 4.78 is 0.